The number of nitrogens with zero attached hydrogens (tertiary/aromatic N) is 1. The summed E-state index contributed by atoms with van der Waals surface area (Å²) in [4.78, 5) is 25.1. The minimum atomic E-state index is -1.34. The topological polar surface area (TPSA) is 60.4 Å². The van der Waals surface area contributed by atoms with E-state index in [0.29, 0.717) is 10.5 Å². The summed E-state index contributed by atoms with van der Waals surface area (Å²) in [7, 11) is 0. The van der Waals surface area contributed by atoms with Crippen LogP contribution < -0.4 is 5.11 Å². The van der Waals surface area contributed by atoms with Gasteiger partial charge in [-0.05, 0) is 29.7 Å². The molecule has 22 heavy (non-hydrogen) atoms. The number of aliphatic carboxylic acids is 1. The van der Waals surface area contributed by atoms with Crippen LogP contribution in [0.15, 0.2) is 29.2 Å². The van der Waals surface area contributed by atoms with Crippen LogP contribution in [0.5, 0.6) is 0 Å². The monoisotopic (exact) mass is 338 g/mol. The van der Waals surface area contributed by atoms with E-state index in [4.69, 9.17) is 12.2 Å². The van der Waals surface area contributed by atoms with Gasteiger partial charge in [0.2, 0.25) is 0 Å². The standard InChI is InChI=1S/C15H14FNO3S2/c1-8(2)12(14(19)20)17-13(18)11(22-15(17)21)7-9-3-5-10(16)6-4-9/h3-8,12H,1-2H3,(H,19,20)/p-1/b11-7+/t12-/m1/s1. The quantitative estimate of drug-likeness (QED) is 0.619. The first-order valence-corrected chi connectivity index (χ1v) is 7.77. The maximum atomic E-state index is 12.9. The van der Waals surface area contributed by atoms with E-state index >= 15 is 0 Å². The van der Waals surface area contributed by atoms with Crippen LogP contribution in [0.1, 0.15) is 19.4 Å². The van der Waals surface area contributed by atoms with E-state index in [1.807, 2.05) is 0 Å². The average Bonchev–Trinajstić information content (AvgIpc) is 2.69. The summed E-state index contributed by atoms with van der Waals surface area (Å²) in [5, 5.41) is 11.3. The molecule has 0 aliphatic carbocycles. The highest BCUT2D eigenvalue weighted by Crippen LogP contribution is 2.35. The van der Waals surface area contributed by atoms with Crippen molar-refractivity contribution in [3.8, 4) is 0 Å². The van der Waals surface area contributed by atoms with Crippen LogP contribution in [0.3, 0.4) is 0 Å². The van der Waals surface area contributed by atoms with Gasteiger partial charge in [-0.1, -0.05) is 50.0 Å². The lowest BCUT2D eigenvalue weighted by Gasteiger charge is -2.30. The second kappa shape index (κ2) is 6.58. The molecule has 1 saturated heterocycles. The summed E-state index contributed by atoms with van der Waals surface area (Å²) < 4.78 is 13.1. The lowest BCUT2D eigenvalue weighted by molar-refractivity contribution is -0.311. The van der Waals surface area contributed by atoms with Gasteiger partial charge in [-0.2, -0.15) is 0 Å². The molecule has 0 saturated carbocycles. The molecule has 7 heteroatoms. The predicted octanol–water partition coefficient (Wildman–Crippen LogP) is 1.80. The molecule has 1 aromatic carbocycles. The average molecular weight is 338 g/mol. The third-order valence-corrected chi connectivity index (χ3v) is 4.47. The fourth-order valence-corrected chi connectivity index (χ4v) is 3.44. The third kappa shape index (κ3) is 3.36. The van der Waals surface area contributed by atoms with Crippen LogP contribution in [0.4, 0.5) is 4.39 Å². The molecule has 116 valence electrons. The van der Waals surface area contributed by atoms with E-state index in [2.05, 4.69) is 0 Å². The van der Waals surface area contributed by atoms with Crippen LogP contribution in [-0.2, 0) is 9.59 Å². The number of carbonyl (C=O) groups excluding carboxylic acids is 2. The van der Waals surface area contributed by atoms with Gasteiger partial charge in [0.1, 0.15) is 10.1 Å². The van der Waals surface area contributed by atoms with Gasteiger partial charge in [-0.15, -0.1) is 0 Å². The molecular formula is C15H13FNO3S2-. The highest BCUT2D eigenvalue weighted by atomic mass is 32.2. The molecule has 0 aromatic heterocycles. The van der Waals surface area contributed by atoms with Gasteiger partial charge in [0.05, 0.1) is 16.9 Å². The zero-order valence-corrected chi connectivity index (χ0v) is 13.5. The Hall–Kier alpha value is -1.73. The highest BCUT2D eigenvalue weighted by Gasteiger charge is 2.38. The molecule has 4 nitrogen and oxygen atoms in total. The largest absolute Gasteiger partial charge is 0.548 e. The molecular weight excluding hydrogens is 325 g/mol. The summed E-state index contributed by atoms with van der Waals surface area (Å²) in [6, 6.07) is 4.52. The molecule has 1 fully saturated rings. The van der Waals surface area contributed by atoms with E-state index in [1.165, 1.54) is 24.3 Å². The number of hydrogen-bond acceptors (Lipinski definition) is 5. The van der Waals surface area contributed by atoms with Crippen molar-refractivity contribution in [3.63, 3.8) is 0 Å². The number of hydrogen-bond donors (Lipinski definition) is 0. The molecule has 1 aromatic rings. The number of thioether (sulfide) groups is 1. The second-order valence-electron chi connectivity index (χ2n) is 5.11. The summed E-state index contributed by atoms with van der Waals surface area (Å²) >= 11 is 6.15. The maximum absolute atomic E-state index is 12.9. The Balaban J connectivity index is 2.32. The Kier molecular flexibility index (Phi) is 4.97. The zero-order chi connectivity index (χ0) is 16.4. The molecule has 1 aliphatic rings. The third-order valence-electron chi connectivity index (χ3n) is 3.14. The van der Waals surface area contributed by atoms with Gasteiger partial charge in [0.25, 0.3) is 5.91 Å². The van der Waals surface area contributed by atoms with Crippen LogP contribution in [0.25, 0.3) is 6.08 Å². The van der Waals surface area contributed by atoms with Crippen molar-refractivity contribution < 1.29 is 19.1 Å². The summed E-state index contributed by atoms with van der Waals surface area (Å²) in [5.74, 6) is -2.52. The van der Waals surface area contributed by atoms with Crippen molar-refractivity contribution in [3.05, 3.63) is 40.6 Å². The molecule has 0 unspecified atom stereocenters. The van der Waals surface area contributed by atoms with Crippen LogP contribution in [0, 0.1) is 11.7 Å². The summed E-state index contributed by atoms with van der Waals surface area (Å²) in [5.41, 5.74) is 0.636. The molecule has 0 N–H and O–H groups in total. The van der Waals surface area contributed by atoms with E-state index in [1.54, 1.807) is 19.9 Å². The number of halogens is 1. The molecule has 0 radical (unpaired) electrons. The summed E-state index contributed by atoms with van der Waals surface area (Å²) in [6.45, 7) is 3.37. The highest BCUT2D eigenvalue weighted by molar-refractivity contribution is 8.26. The first-order chi connectivity index (χ1) is 10.3. The molecule has 1 heterocycles. The molecule has 1 atom stereocenters. The Morgan fingerprint density at radius 3 is 2.45 bits per heavy atom. The van der Waals surface area contributed by atoms with Crippen molar-refractivity contribution >= 4 is 46.3 Å². The van der Waals surface area contributed by atoms with Crippen molar-refractivity contribution in [2.24, 2.45) is 5.92 Å². The molecule has 0 bridgehead atoms. The number of rotatable bonds is 4. The van der Waals surface area contributed by atoms with Crippen molar-refractivity contribution in [2.75, 3.05) is 0 Å². The van der Waals surface area contributed by atoms with Gasteiger partial charge in [0, 0.05) is 0 Å². The van der Waals surface area contributed by atoms with E-state index < -0.39 is 17.9 Å². The SMILES string of the molecule is CC(C)[C@H](C(=O)[O-])N1C(=O)/C(=C\c2ccc(F)cc2)SC1=S. The molecule has 0 spiro atoms. The van der Waals surface area contributed by atoms with Gasteiger partial charge in [-0.3, -0.25) is 9.69 Å². The first kappa shape index (κ1) is 16.6. The fourth-order valence-electron chi connectivity index (χ4n) is 2.11. The van der Waals surface area contributed by atoms with Gasteiger partial charge in [0.15, 0.2) is 0 Å². The van der Waals surface area contributed by atoms with Crippen LogP contribution >= 0.6 is 24.0 Å². The molecule has 1 aliphatic heterocycles. The van der Waals surface area contributed by atoms with Gasteiger partial charge in [-0.25, -0.2) is 4.39 Å². The Bertz CT molecular complexity index is 655. The van der Waals surface area contributed by atoms with Gasteiger partial charge >= 0.3 is 0 Å². The van der Waals surface area contributed by atoms with E-state index in [-0.39, 0.29) is 16.1 Å². The van der Waals surface area contributed by atoms with Crippen molar-refractivity contribution in [2.45, 2.75) is 19.9 Å². The fraction of sp³-hybridized carbons (Fsp3) is 0.267. The number of carboxylic acid groups (broad SMARTS) is 1. The Labute approximate surface area is 137 Å². The normalized spacial score (nSPS) is 18.4. The van der Waals surface area contributed by atoms with Crippen LogP contribution in [-0.4, -0.2) is 27.1 Å². The zero-order valence-electron chi connectivity index (χ0n) is 11.9. The predicted molar refractivity (Wildman–Crippen MR) is 85.0 cm³/mol. The smallest absolute Gasteiger partial charge is 0.266 e. The maximum Gasteiger partial charge on any atom is 0.266 e. The molecule has 2 rings (SSSR count). The lowest BCUT2D eigenvalue weighted by Crippen LogP contribution is -2.52. The minimum Gasteiger partial charge on any atom is -0.548 e. The Morgan fingerprint density at radius 1 is 1.36 bits per heavy atom. The van der Waals surface area contributed by atoms with E-state index in [0.717, 1.165) is 16.7 Å². The van der Waals surface area contributed by atoms with Crippen LogP contribution in [0.2, 0.25) is 0 Å². The number of amides is 1. The number of carbonyl (C=O) groups is 2. The summed E-state index contributed by atoms with van der Waals surface area (Å²) in [6.07, 6.45) is 1.56. The van der Waals surface area contributed by atoms with Gasteiger partial charge < -0.3 is 9.90 Å². The number of thiocarbonyl (C=S) groups is 1. The lowest BCUT2D eigenvalue weighted by atomic mass is 10.0. The Morgan fingerprint density at radius 2 is 1.95 bits per heavy atom. The second-order valence-corrected chi connectivity index (χ2v) is 6.79. The number of carboxylic acids is 1. The van der Waals surface area contributed by atoms with E-state index in [9.17, 15) is 19.1 Å². The van der Waals surface area contributed by atoms with Crippen molar-refractivity contribution in [1.29, 1.82) is 0 Å². The molecule has 1 amide bonds. The number of benzene rings is 1. The first-order valence-electron chi connectivity index (χ1n) is 6.54. The van der Waals surface area contributed by atoms with Crippen molar-refractivity contribution in [1.82, 2.24) is 4.90 Å². The minimum absolute atomic E-state index is 0.182.